The van der Waals surface area contributed by atoms with E-state index in [1.807, 2.05) is 0 Å². The molecule has 7 nitrogen and oxygen atoms in total. The summed E-state index contributed by atoms with van der Waals surface area (Å²) in [5.74, 6) is -1.25. The Hall–Kier alpha value is -3.09. The molecule has 2 amide bonds. The Morgan fingerprint density at radius 1 is 1.14 bits per heavy atom. The minimum atomic E-state index is -0.604. The van der Waals surface area contributed by atoms with E-state index < -0.39 is 17.4 Å². The number of nitrogens with zero attached hydrogens (tertiary/aromatic N) is 1. The Balaban J connectivity index is 2.36. The van der Waals surface area contributed by atoms with Crippen molar-refractivity contribution >= 4 is 23.3 Å². The Bertz CT molecular complexity index is 839. The second kappa shape index (κ2) is 4.48. The summed E-state index contributed by atoms with van der Waals surface area (Å²) in [5, 5.41) is 5.09. The van der Waals surface area contributed by atoms with Crippen molar-refractivity contribution in [1.29, 1.82) is 0 Å². The lowest BCUT2D eigenvalue weighted by Gasteiger charge is -2.15. The van der Waals surface area contributed by atoms with Gasteiger partial charge in [-0.25, -0.2) is 0 Å². The molecule has 0 spiro atoms. The van der Waals surface area contributed by atoms with E-state index in [1.165, 1.54) is 4.57 Å². The molecule has 3 rings (SSSR count). The van der Waals surface area contributed by atoms with Gasteiger partial charge in [0.2, 0.25) is 0 Å². The molecule has 2 heterocycles. The third-order valence-electron chi connectivity index (χ3n) is 3.37. The monoisotopic (exact) mass is 284 g/mol. The molecule has 1 aromatic heterocycles. The fourth-order valence-electron chi connectivity index (χ4n) is 2.41. The first kappa shape index (κ1) is 12.9. The van der Waals surface area contributed by atoms with Crippen LogP contribution in [0.25, 0.3) is 5.69 Å². The predicted molar refractivity (Wildman–Crippen MR) is 77.8 cm³/mol. The first-order valence-electron chi connectivity index (χ1n) is 6.23. The maximum Gasteiger partial charge on any atom is 0.262 e. The van der Waals surface area contributed by atoms with E-state index in [0.29, 0.717) is 11.4 Å². The van der Waals surface area contributed by atoms with Crippen LogP contribution >= 0.6 is 0 Å². The molecular weight excluding hydrogens is 272 g/mol. The average molecular weight is 284 g/mol. The van der Waals surface area contributed by atoms with Gasteiger partial charge in [-0.3, -0.25) is 24.3 Å². The van der Waals surface area contributed by atoms with Gasteiger partial charge in [0.05, 0.1) is 22.5 Å². The number of nitrogens with two attached hydrogens (primary N) is 1. The standard InChI is InChI=1S/C14H12N4O3/c1-16-8-4-2-3-5-9(8)18-10(19)6-7-11(12(18)15)14(21)17-13(7)20/h2-6,16H,15H2,1H3,(H,17,20,21). The Morgan fingerprint density at radius 2 is 1.86 bits per heavy atom. The highest BCUT2D eigenvalue weighted by molar-refractivity contribution is 6.23. The summed E-state index contributed by atoms with van der Waals surface area (Å²) in [6.45, 7) is 0. The molecule has 0 saturated heterocycles. The van der Waals surface area contributed by atoms with Gasteiger partial charge in [0.25, 0.3) is 17.4 Å². The van der Waals surface area contributed by atoms with Crippen molar-refractivity contribution in [2.24, 2.45) is 0 Å². The molecule has 0 aliphatic carbocycles. The van der Waals surface area contributed by atoms with Crippen LogP contribution in [0.2, 0.25) is 0 Å². The number of para-hydroxylation sites is 2. The fourth-order valence-corrected chi connectivity index (χ4v) is 2.41. The molecule has 2 aromatic rings. The van der Waals surface area contributed by atoms with E-state index in [4.69, 9.17) is 5.73 Å². The summed E-state index contributed by atoms with van der Waals surface area (Å²) in [6.07, 6.45) is 0. The summed E-state index contributed by atoms with van der Waals surface area (Å²) < 4.78 is 1.21. The number of hydrogen-bond acceptors (Lipinski definition) is 5. The number of aromatic nitrogens is 1. The van der Waals surface area contributed by atoms with Crippen molar-refractivity contribution in [3.8, 4) is 5.69 Å². The molecule has 21 heavy (non-hydrogen) atoms. The number of benzene rings is 1. The second-order valence-electron chi connectivity index (χ2n) is 4.54. The van der Waals surface area contributed by atoms with Gasteiger partial charge < -0.3 is 11.1 Å². The quantitative estimate of drug-likeness (QED) is 0.690. The van der Waals surface area contributed by atoms with Crippen LogP contribution in [-0.2, 0) is 0 Å². The number of nitrogen functional groups attached to an aromatic ring is 1. The zero-order chi connectivity index (χ0) is 15.1. The van der Waals surface area contributed by atoms with Crippen LogP contribution in [-0.4, -0.2) is 23.4 Å². The zero-order valence-electron chi connectivity index (χ0n) is 11.1. The van der Waals surface area contributed by atoms with Crippen molar-refractivity contribution < 1.29 is 9.59 Å². The molecule has 4 N–H and O–H groups in total. The molecular formula is C14H12N4O3. The van der Waals surface area contributed by atoms with Crippen LogP contribution in [0.3, 0.4) is 0 Å². The van der Waals surface area contributed by atoms with Crippen molar-refractivity contribution in [2.45, 2.75) is 0 Å². The molecule has 106 valence electrons. The molecule has 0 bridgehead atoms. The molecule has 0 atom stereocenters. The first-order chi connectivity index (χ1) is 10.0. The molecule has 1 aromatic carbocycles. The van der Waals surface area contributed by atoms with Crippen molar-refractivity contribution in [3.05, 3.63) is 51.8 Å². The largest absolute Gasteiger partial charge is 0.386 e. The van der Waals surface area contributed by atoms with Crippen LogP contribution < -0.4 is 21.9 Å². The maximum atomic E-state index is 12.3. The predicted octanol–water partition coefficient (Wildman–Crippen LogP) is 0.345. The second-order valence-corrected chi connectivity index (χ2v) is 4.54. The van der Waals surface area contributed by atoms with Gasteiger partial charge in [-0.05, 0) is 12.1 Å². The topological polar surface area (TPSA) is 106 Å². The Morgan fingerprint density at radius 3 is 2.57 bits per heavy atom. The highest BCUT2D eigenvalue weighted by Gasteiger charge is 2.32. The van der Waals surface area contributed by atoms with Crippen LogP contribution in [0, 0.1) is 0 Å². The normalized spacial score (nSPS) is 13.0. The van der Waals surface area contributed by atoms with Gasteiger partial charge in [-0.2, -0.15) is 0 Å². The summed E-state index contributed by atoms with van der Waals surface area (Å²) in [6, 6.07) is 8.16. The third kappa shape index (κ3) is 1.78. The van der Waals surface area contributed by atoms with Crippen LogP contribution in [0.1, 0.15) is 20.7 Å². The zero-order valence-corrected chi connectivity index (χ0v) is 11.1. The average Bonchev–Trinajstić information content (AvgIpc) is 2.74. The number of imide groups is 1. The van der Waals surface area contributed by atoms with Crippen LogP contribution in [0.5, 0.6) is 0 Å². The summed E-state index contributed by atoms with van der Waals surface area (Å²) >= 11 is 0. The number of nitrogens with one attached hydrogen (secondary N) is 2. The lowest BCUT2D eigenvalue weighted by molar-refractivity contribution is 0.0880. The van der Waals surface area contributed by atoms with Gasteiger partial charge in [0, 0.05) is 13.1 Å². The summed E-state index contributed by atoms with van der Waals surface area (Å²) in [5.41, 5.74) is 6.73. The third-order valence-corrected chi connectivity index (χ3v) is 3.37. The van der Waals surface area contributed by atoms with Gasteiger partial charge in [-0.1, -0.05) is 12.1 Å². The SMILES string of the molecule is CNc1ccccc1-n1c(N)c2c(cc1=O)C(=O)NC2=O. The lowest BCUT2D eigenvalue weighted by Crippen LogP contribution is -2.24. The minimum absolute atomic E-state index is 0.0145. The van der Waals surface area contributed by atoms with Gasteiger partial charge in [-0.15, -0.1) is 0 Å². The van der Waals surface area contributed by atoms with Crippen LogP contribution in [0.15, 0.2) is 35.1 Å². The van der Waals surface area contributed by atoms with Crippen molar-refractivity contribution in [3.63, 3.8) is 0 Å². The summed E-state index contributed by atoms with van der Waals surface area (Å²) in [4.78, 5) is 35.7. The number of carbonyl (C=O) groups excluding carboxylic acids is 2. The van der Waals surface area contributed by atoms with E-state index >= 15 is 0 Å². The lowest BCUT2D eigenvalue weighted by atomic mass is 10.1. The molecule has 0 unspecified atom stereocenters. The minimum Gasteiger partial charge on any atom is -0.386 e. The Kier molecular flexibility index (Phi) is 2.76. The molecule has 1 aliphatic rings. The van der Waals surface area contributed by atoms with Gasteiger partial charge >= 0.3 is 0 Å². The molecule has 0 saturated carbocycles. The number of fused-ring (bicyclic) bond motifs is 1. The molecule has 0 fully saturated rings. The number of amides is 2. The van der Waals surface area contributed by atoms with E-state index in [9.17, 15) is 14.4 Å². The molecule has 7 heteroatoms. The van der Waals surface area contributed by atoms with E-state index in [2.05, 4.69) is 10.6 Å². The number of hydrogen-bond donors (Lipinski definition) is 3. The number of rotatable bonds is 2. The molecule has 1 aliphatic heterocycles. The number of carbonyl (C=O) groups is 2. The maximum absolute atomic E-state index is 12.3. The summed E-state index contributed by atoms with van der Waals surface area (Å²) in [7, 11) is 1.71. The number of pyridine rings is 1. The first-order valence-corrected chi connectivity index (χ1v) is 6.23. The highest BCUT2D eigenvalue weighted by Crippen LogP contribution is 2.26. The van der Waals surface area contributed by atoms with E-state index in [0.717, 1.165) is 6.07 Å². The fraction of sp³-hybridized carbons (Fsp3) is 0.0714. The van der Waals surface area contributed by atoms with Crippen LogP contribution in [0.4, 0.5) is 11.5 Å². The van der Waals surface area contributed by atoms with Crippen molar-refractivity contribution in [1.82, 2.24) is 9.88 Å². The van der Waals surface area contributed by atoms with Gasteiger partial charge in [0.1, 0.15) is 5.82 Å². The smallest absolute Gasteiger partial charge is 0.262 e. The van der Waals surface area contributed by atoms with Crippen molar-refractivity contribution in [2.75, 3.05) is 18.1 Å². The van der Waals surface area contributed by atoms with Gasteiger partial charge in [0.15, 0.2) is 0 Å². The Labute approximate surface area is 119 Å². The number of anilines is 2. The highest BCUT2D eigenvalue weighted by atomic mass is 16.2. The van der Waals surface area contributed by atoms with E-state index in [1.54, 1.807) is 31.3 Å². The van der Waals surface area contributed by atoms with E-state index in [-0.39, 0.29) is 16.9 Å². The molecule has 0 radical (unpaired) electrons.